The molecule has 222 valence electrons. The maximum Gasteiger partial charge on any atom is 0.302 e. The van der Waals surface area contributed by atoms with Gasteiger partial charge >= 0.3 is 5.56 Å². The van der Waals surface area contributed by atoms with Crippen molar-refractivity contribution in [2.24, 2.45) is 0 Å². The van der Waals surface area contributed by atoms with Crippen LogP contribution in [0.5, 0.6) is 5.75 Å². The lowest BCUT2D eigenvalue weighted by Gasteiger charge is -2.35. The van der Waals surface area contributed by atoms with Crippen molar-refractivity contribution in [1.29, 1.82) is 0 Å². The van der Waals surface area contributed by atoms with Gasteiger partial charge in [-0.3, -0.25) is 9.59 Å². The zero-order valence-electron chi connectivity index (χ0n) is 23.6. The molecule has 12 heteroatoms. The van der Waals surface area contributed by atoms with E-state index in [4.69, 9.17) is 26.1 Å². The van der Waals surface area contributed by atoms with Crippen molar-refractivity contribution in [2.45, 2.75) is 45.6 Å². The number of fused-ring (bicyclic) bond motifs is 1. The quantitative estimate of drug-likeness (QED) is 0.236. The third kappa shape index (κ3) is 6.34. The molecule has 3 aromatic heterocycles. The summed E-state index contributed by atoms with van der Waals surface area (Å²) in [5, 5.41) is 0.538. The average molecular weight is 622 g/mol. The van der Waals surface area contributed by atoms with Gasteiger partial charge in [0, 0.05) is 43.0 Å². The number of halogens is 2. The van der Waals surface area contributed by atoms with E-state index in [0.29, 0.717) is 30.3 Å². The number of rotatable bonds is 8. The molecule has 2 aromatic carbocycles. The molecule has 4 heterocycles. The molecule has 2 atom stereocenters. The molecule has 0 N–H and O–H groups in total. The number of hydrogen-bond donors (Lipinski definition) is 0. The van der Waals surface area contributed by atoms with Crippen LogP contribution in [0, 0.1) is 5.82 Å². The molecule has 6 rings (SSSR count). The number of imidazole rings is 1. The second kappa shape index (κ2) is 12.3. The van der Waals surface area contributed by atoms with E-state index in [1.807, 2.05) is 44.2 Å². The Hall–Kier alpha value is -4.06. The molecule has 0 radical (unpaired) electrons. The van der Waals surface area contributed by atoms with E-state index in [0.717, 1.165) is 16.0 Å². The van der Waals surface area contributed by atoms with Crippen molar-refractivity contribution in [3.05, 3.63) is 104 Å². The van der Waals surface area contributed by atoms with E-state index < -0.39 is 11.4 Å². The van der Waals surface area contributed by atoms with E-state index in [2.05, 4.69) is 4.98 Å². The first-order chi connectivity index (χ1) is 20.7. The summed E-state index contributed by atoms with van der Waals surface area (Å²) in [5.41, 5.74) is 1.60. The molecule has 1 aliphatic heterocycles. The zero-order chi connectivity index (χ0) is 30.1. The molecule has 1 aliphatic rings. The van der Waals surface area contributed by atoms with Crippen molar-refractivity contribution >= 4 is 34.6 Å². The first-order valence-corrected chi connectivity index (χ1v) is 15.0. The minimum atomic E-state index is -0.479. The molecule has 43 heavy (non-hydrogen) atoms. The first-order valence-electron chi connectivity index (χ1n) is 13.9. The highest BCUT2D eigenvalue weighted by molar-refractivity contribution is 7.15. The molecular weight excluding hydrogens is 593 g/mol. The highest BCUT2D eigenvalue weighted by atomic mass is 35.5. The fraction of sp³-hybridized carbons (Fsp3) is 0.290. The summed E-state index contributed by atoms with van der Waals surface area (Å²) in [4.78, 5) is 39.1. The van der Waals surface area contributed by atoms with Crippen LogP contribution in [0.4, 0.5) is 4.39 Å². The summed E-state index contributed by atoms with van der Waals surface area (Å²) < 4.78 is 28.6. The predicted molar refractivity (Wildman–Crippen MR) is 162 cm³/mol. The van der Waals surface area contributed by atoms with Crippen LogP contribution in [0.25, 0.3) is 16.5 Å². The highest BCUT2D eigenvalue weighted by Crippen LogP contribution is 2.32. The Morgan fingerprint density at radius 2 is 1.88 bits per heavy atom. The average Bonchev–Trinajstić information content (AvgIpc) is 3.61. The van der Waals surface area contributed by atoms with Crippen LogP contribution in [0.1, 0.15) is 29.9 Å². The van der Waals surface area contributed by atoms with E-state index >= 15 is 0 Å². The van der Waals surface area contributed by atoms with Gasteiger partial charge in [0.1, 0.15) is 24.0 Å². The van der Waals surface area contributed by atoms with Gasteiger partial charge in [0.05, 0.1) is 17.2 Å². The Balaban J connectivity index is 1.35. The minimum absolute atomic E-state index is 0.0144. The van der Waals surface area contributed by atoms with Crippen molar-refractivity contribution in [3.63, 3.8) is 0 Å². The van der Waals surface area contributed by atoms with Gasteiger partial charge in [0.25, 0.3) is 0 Å². The number of carbonyl (C=O) groups excluding carboxylic acids is 1. The summed E-state index contributed by atoms with van der Waals surface area (Å²) >= 11 is 7.33. The van der Waals surface area contributed by atoms with Crippen LogP contribution in [-0.2, 0) is 29.1 Å². The van der Waals surface area contributed by atoms with Gasteiger partial charge < -0.3 is 18.9 Å². The summed E-state index contributed by atoms with van der Waals surface area (Å²) in [7, 11) is 0. The van der Waals surface area contributed by atoms with Crippen molar-refractivity contribution in [2.75, 3.05) is 13.1 Å². The third-order valence-corrected chi connectivity index (χ3v) is 8.42. The van der Waals surface area contributed by atoms with Crippen LogP contribution in [0.2, 0.25) is 5.02 Å². The van der Waals surface area contributed by atoms with Gasteiger partial charge in [-0.1, -0.05) is 48.0 Å². The lowest BCUT2D eigenvalue weighted by molar-refractivity contribution is -0.143. The summed E-state index contributed by atoms with van der Waals surface area (Å²) in [6.45, 7) is 5.06. The molecule has 1 saturated heterocycles. The van der Waals surface area contributed by atoms with E-state index in [-0.39, 0.29) is 47.7 Å². The topological polar surface area (TPSA) is 91.0 Å². The number of thiazole rings is 1. The van der Waals surface area contributed by atoms with Crippen LogP contribution in [-0.4, -0.2) is 55.0 Å². The minimum Gasteiger partial charge on any atom is -0.481 e. The normalized spacial score (nSPS) is 17.0. The number of ether oxygens (including phenoxy) is 2. The number of nitrogens with zero attached hydrogens (tertiary/aromatic N) is 5. The largest absolute Gasteiger partial charge is 0.481 e. The second-order valence-electron chi connectivity index (χ2n) is 10.6. The Kier molecular flexibility index (Phi) is 8.29. The van der Waals surface area contributed by atoms with Gasteiger partial charge in [-0.25, -0.2) is 18.8 Å². The molecule has 1 fully saturated rings. The van der Waals surface area contributed by atoms with E-state index in [9.17, 15) is 14.0 Å². The van der Waals surface area contributed by atoms with Crippen LogP contribution in [0.3, 0.4) is 0 Å². The molecule has 1 amide bonds. The van der Waals surface area contributed by atoms with Gasteiger partial charge in [0.2, 0.25) is 17.4 Å². The summed E-state index contributed by atoms with van der Waals surface area (Å²) in [5.74, 6) is -0.202. The number of carbonyl (C=O) groups is 1. The molecule has 0 aliphatic carbocycles. The lowest BCUT2D eigenvalue weighted by atomic mass is 10.1. The zero-order valence-corrected chi connectivity index (χ0v) is 25.1. The summed E-state index contributed by atoms with van der Waals surface area (Å²) in [6.07, 6.45) is 5.32. The fourth-order valence-electron chi connectivity index (χ4n) is 5.16. The maximum absolute atomic E-state index is 13.8. The monoisotopic (exact) mass is 621 g/mol. The fourth-order valence-corrected chi connectivity index (χ4v) is 6.30. The van der Waals surface area contributed by atoms with Gasteiger partial charge in [0.15, 0.2) is 5.69 Å². The standard InChI is InChI=1S/C31H29ClFN5O4S/c1-19-15-37(16-20(2)42-19)26(39)17-36-10-11-38-30(40)28(41-18-21-6-4-3-5-7-21)27(35-31(36)38)29-34-14-23(43-29)12-22-8-9-25(33)24(32)13-22/h3-11,13-14,19-20H,12,15-18H2,1-2H3/t19-,20?/m0/s1. The third-order valence-electron chi connectivity index (χ3n) is 7.13. The Labute approximate surface area is 256 Å². The number of benzene rings is 2. The van der Waals surface area contributed by atoms with E-state index in [1.165, 1.54) is 21.8 Å². The van der Waals surface area contributed by atoms with Crippen molar-refractivity contribution < 1.29 is 18.7 Å². The molecular formula is C31H29ClFN5O4S. The van der Waals surface area contributed by atoms with Crippen LogP contribution < -0.4 is 10.3 Å². The number of amides is 1. The van der Waals surface area contributed by atoms with Gasteiger partial charge in [-0.2, -0.15) is 0 Å². The summed E-state index contributed by atoms with van der Waals surface area (Å²) in [6, 6.07) is 14.1. The Morgan fingerprint density at radius 3 is 2.63 bits per heavy atom. The highest BCUT2D eigenvalue weighted by Gasteiger charge is 2.27. The maximum atomic E-state index is 13.8. The lowest BCUT2D eigenvalue weighted by Crippen LogP contribution is -2.49. The van der Waals surface area contributed by atoms with Crippen molar-refractivity contribution in [1.82, 2.24) is 23.8 Å². The number of aromatic nitrogens is 4. The first kappa shape index (κ1) is 29.0. The molecule has 9 nitrogen and oxygen atoms in total. The van der Waals surface area contributed by atoms with E-state index in [1.54, 1.807) is 40.2 Å². The number of morpholine rings is 1. The smallest absolute Gasteiger partial charge is 0.302 e. The molecule has 0 bridgehead atoms. The molecule has 0 spiro atoms. The molecule has 0 saturated carbocycles. The SMILES string of the molecule is CC1CN(C(=O)Cn2ccn3c(=O)c(OCc4ccccc4)c(-c4ncc(Cc5ccc(F)c(Cl)c5)s4)nc23)C[C@H](C)O1. The van der Waals surface area contributed by atoms with Crippen molar-refractivity contribution in [3.8, 4) is 16.5 Å². The molecule has 5 aromatic rings. The van der Waals surface area contributed by atoms with Crippen LogP contribution >= 0.6 is 22.9 Å². The Morgan fingerprint density at radius 1 is 1.12 bits per heavy atom. The predicted octanol–water partition coefficient (Wildman–Crippen LogP) is 5.22. The Bertz CT molecular complexity index is 1830. The van der Waals surface area contributed by atoms with Gasteiger partial charge in [-0.15, -0.1) is 11.3 Å². The van der Waals surface area contributed by atoms with Gasteiger partial charge in [-0.05, 0) is 37.1 Å². The molecule has 1 unspecified atom stereocenters. The number of hydrogen-bond acceptors (Lipinski definition) is 7. The second-order valence-corrected chi connectivity index (χ2v) is 12.1. The van der Waals surface area contributed by atoms with Crippen LogP contribution in [0.15, 0.2) is 71.9 Å².